The highest BCUT2D eigenvalue weighted by molar-refractivity contribution is 5.96. The van der Waals surface area contributed by atoms with Gasteiger partial charge in [-0.2, -0.15) is 0 Å². The molecule has 0 unspecified atom stereocenters. The Balaban J connectivity index is 1.05. The summed E-state index contributed by atoms with van der Waals surface area (Å²) < 4.78 is 12.7. The lowest BCUT2D eigenvalue weighted by atomic mass is 9.68. The molecule has 2 aliphatic carbocycles. The van der Waals surface area contributed by atoms with Gasteiger partial charge >= 0.3 is 0 Å². The van der Waals surface area contributed by atoms with Crippen LogP contribution in [0.15, 0.2) is 179 Å². The van der Waals surface area contributed by atoms with E-state index in [4.69, 9.17) is 18.8 Å². The molecule has 2 aromatic heterocycles. The highest BCUT2D eigenvalue weighted by atomic mass is 16.4. The minimum absolute atomic E-state index is 0.0110. The molecule has 0 aliphatic heterocycles. The third kappa shape index (κ3) is 5.74. The largest absolute Gasteiger partial charge is 0.436 e. The van der Waals surface area contributed by atoms with Gasteiger partial charge in [-0.05, 0) is 143 Å². The zero-order chi connectivity index (χ0) is 42.8. The van der Waals surface area contributed by atoms with Crippen molar-refractivity contribution in [3.8, 4) is 67.4 Å². The number of hydrogen-bond acceptors (Lipinski definition) is 4. The van der Waals surface area contributed by atoms with Gasteiger partial charge in [0.2, 0.25) is 11.8 Å². The Hall–Kier alpha value is -7.30. The van der Waals surface area contributed by atoms with Gasteiger partial charge in [-0.15, -0.1) is 0 Å². The summed E-state index contributed by atoms with van der Waals surface area (Å²) in [6.07, 6.45) is 0. The fourth-order valence-electron chi connectivity index (χ4n) is 10.2. The van der Waals surface area contributed by atoms with Crippen molar-refractivity contribution in [1.82, 2.24) is 9.97 Å². The predicted octanol–water partition coefficient (Wildman–Crippen LogP) is 15.6. The Kier molecular flexibility index (Phi) is 7.94. The predicted molar refractivity (Wildman–Crippen MR) is 257 cm³/mol. The average molecular weight is 815 g/mol. The molecule has 0 saturated heterocycles. The Labute approximate surface area is 367 Å². The van der Waals surface area contributed by atoms with Crippen LogP contribution in [0.4, 0.5) is 0 Å². The molecule has 0 bridgehead atoms. The molecule has 0 atom stereocenters. The van der Waals surface area contributed by atoms with Gasteiger partial charge in [-0.3, -0.25) is 0 Å². The van der Waals surface area contributed by atoms with Gasteiger partial charge in [0.05, 0.1) is 5.41 Å². The van der Waals surface area contributed by atoms with Crippen molar-refractivity contribution in [3.63, 3.8) is 0 Å². The monoisotopic (exact) mass is 814 g/mol. The fourth-order valence-corrected chi connectivity index (χ4v) is 10.2. The number of nitrogens with zero attached hydrogens (tertiary/aromatic N) is 2. The molecule has 304 valence electrons. The second-order valence-corrected chi connectivity index (χ2v) is 19.4. The lowest BCUT2D eigenvalue weighted by molar-refractivity contribution is 0.586. The lowest BCUT2D eigenvalue weighted by Gasteiger charge is -2.33. The smallest absolute Gasteiger partial charge is 0.227 e. The fraction of sp³-hybridized carbons (Fsp3) is 0.153. The topological polar surface area (TPSA) is 52.1 Å². The molecule has 0 fully saturated rings. The van der Waals surface area contributed by atoms with Crippen molar-refractivity contribution in [2.45, 2.75) is 57.8 Å². The van der Waals surface area contributed by atoms with Gasteiger partial charge in [0.1, 0.15) is 11.0 Å². The summed E-state index contributed by atoms with van der Waals surface area (Å²) in [5.41, 5.74) is 22.1. The van der Waals surface area contributed by atoms with E-state index in [1.165, 1.54) is 61.2 Å². The molecule has 1 spiro atoms. The molecule has 8 aromatic carbocycles. The molecule has 4 heteroatoms. The van der Waals surface area contributed by atoms with Gasteiger partial charge in [0.15, 0.2) is 11.2 Å². The van der Waals surface area contributed by atoms with Crippen molar-refractivity contribution >= 4 is 22.2 Å². The summed E-state index contributed by atoms with van der Waals surface area (Å²) in [6.45, 7) is 13.9. The van der Waals surface area contributed by atoms with Crippen LogP contribution in [0.3, 0.4) is 0 Å². The van der Waals surface area contributed by atoms with Crippen LogP contribution in [0.25, 0.3) is 89.6 Å². The maximum atomic E-state index is 6.34. The van der Waals surface area contributed by atoms with E-state index in [1.807, 2.05) is 48.5 Å². The maximum absolute atomic E-state index is 6.34. The molecule has 63 heavy (non-hydrogen) atoms. The van der Waals surface area contributed by atoms with E-state index in [0.717, 1.165) is 50.0 Å². The van der Waals surface area contributed by atoms with Crippen LogP contribution in [0, 0.1) is 0 Å². The van der Waals surface area contributed by atoms with E-state index in [1.54, 1.807) is 0 Å². The van der Waals surface area contributed by atoms with Crippen LogP contribution in [0.2, 0.25) is 0 Å². The van der Waals surface area contributed by atoms with Gasteiger partial charge in [0.25, 0.3) is 0 Å². The van der Waals surface area contributed by atoms with Crippen LogP contribution in [-0.2, 0) is 16.2 Å². The van der Waals surface area contributed by atoms with Crippen molar-refractivity contribution in [1.29, 1.82) is 0 Å². The molecule has 0 radical (unpaired) electrons. The van der Waals surface area contributed by atoms with E-state index in [9.17, 15) is 0 Å². The minimum atomic E-state index is -0.477. The summed E-state index contributed by atoms with van der Waals surface area (Å²) in [5, 5.41) is 0. The first-order chi connectivity index (χ1) is 30.4. The van der Waals surface area contributed by atoms with E-state index in [0.29, 0.717) is 11.8 Å². The molecule has 2 heterocycles. The van der Waals surface area contributed by atoms with E-state index in [2.05, 4.69) is 163 Å². The van der Waals surface area contributed by atoms with Crippen LogP contribution in [0.5, 0.6) is 0 Å². The Bertz CT molecular complexity index is 3270. The van der Waals surface area contributed by atoms with Crippen LogP contribution in [0.1, 0.15) is 74.9 Å². The number of aromatic nitrogens is 2. The summed E-state index contributed by atoms with van der Waals surface area (Å²) in [5.74, 6) is 1.10. The van der Waals surface area contributed by atoms with Gasteiger partial charge < -0.3 is 8.83 Å². The van der Waals surface area contributed by atoms with E-state index in [-0.39, 0.29) is 10.8 Å². The van der Waals surface area contributed by atoms with Crippen molar-refractivity contribution in [2.75, 3.05) is 0 Å². The standard InChI is InChI=1S/C59H46N2O2/c1-57(2,3)41-23-26-45-46-27-24-42(58(4,5)6)34-50(46)59(49(45)33-41)47-17-8-7-16-43(47)44-25-22-37(32-48(44)59)35-14-13-15-36(28-35)38-29-39(55-60-51-18-9-11-20-53(51)62-55)31-40(30-38)56-61-52-19-10-12-21-54(52)63-56/h7-34H,1-6H3. The third-order valence-electron chi connectivity index (χ3n) is 13.5. The van der Waals surface area contributed by atoms with Crippen LogP contribution in [-0.4, -0.2) is 9.97 Å². The number of oxazole rings is 2. The molecule has 0 N–H and O–H groups in total. The second-order valence-electron chi connectivity index (χ2n) is 19.4. The molecule has 2 aliphatic rings. The molecule has 12 rings (SSSR count). The van der Waals surface area contributed by atoms with Crippen LogP contribution >= 0.6 is 0 Å². The van der Waals surface area contributed by atoms with E-state index < -0.39 is 5.41 Å². The quantitative estimate of drug-likeness (QED) is 0.178. The summed E-state index contributed by atoms with van der Waals surface area (Å²) in [7, 11) is 0. The number of hydrogen-bond donors (Lipinski definition) is 0. The Morgan fingerprint density at radius 1 is 0.349 bits per heavy atom. The number of rotatable bonds is 4. The van der Waals surface area contributed by atoms with Crippen molar-refractivity contribution < 1.29 is 8.83 Å². The normalized spacial score (nSPS) is 13.7. The molecular formula is C59H46N2O2. The number of fused-ring (bicyclic) bond motifs is 12. The minimum Gasteiger partial charge on any atom is -0.436 e. The SMILES string of the molecule is CC(C)(C)c1ccc2c(c1)C1(c3ccccc3-c3ccc(-c4cccc(-c5cc(-c6nc7ccccc7o6)cc(-c6nc7ccccc7o6)c5)c4)cc31)c1cc(C(C)(C)C)ccc1-2. The summed E-state index contributed by atoms with van der Waals surface area (Å²) in [6, 6.07) is 61.8. The molecule has 0 saturated carbocycles. The molecule has 4 nitrogen and oxygen atoms in total. The first-order valence-corrected chi connectivity index (χ1v) is 22.0. The lowest BCUT2D eigenvalue weighted by Crippen LogP contribution is -2.27. The van der Waals surface area contributed by atoms with Crippen molar-refractivity contribution in [2.24, 2.45) is 0 Å². The van der Waals surface area contributed by atoms with Gasteiger partial charge in [-0.25, -0.2) is 9.97 Å². The highest BCUT2D eigenvalue weighted by Crippen LogP contribution is 2.64. The van der Waals surface area contributed by atoms with Crippen LogP contribution < -0.4 is 0 Å². The summed E-state index contributed by atoms with van der Waals surface area (Å²) >= 11 is 0. The van der Waals surface area contributed by atoms with Crippen molar-refractivity contribution in [3.05, 3.63) is 203 Å². The molecule has 10 aromatic rings. The number of para-hydroxylation sites is 4. The Morgan fingerprint density at radius 3 is 1.33 bits per heavy atom. The molecular weight excluding hydrogens is 769 g/mol. The second kappa shape index (κ2) is 13.3. The Morgan fingerprint density at radius 2 is 0.778 bits per heavy atom. The zero-order valence-corrected chi connectivity index (χ0v) is 36.4. The van der Waals surface area contributed by atoms with Gasteiger partial charge in [0, 0.05) is 11.1 Å². The molecule has 0 amide bonds. The first kappa shape index (κ1) is 37.5. The van der Waals surface area contributed by atoms with Gasteiger partial charge in [-0.1, -0.05) is 157 Å². The average Bonchev–Trinajstić information content (AvgIpc) is 4.07. The maximum Gasteiger partial charge on any atom is 0.227 e. The number of benzene rings is 8. The third-order valence-corrected chi connectivity index (χ3v) is 13.5. The first-order valence-electron chi connectivity index (χ1n) is 22.0. The summed E-state index contributed by atoms with van der Waals surface area (Å²) in [4.78, 5) is 9.79. The van der Waals surface area contributed by atoms with E-state index >= 15 is 0 Å². The zero-order valence-electron chi connectivity index (χ0n) is 36.4. The highest BCUT2D eigenvalue weighted by Gasteiger charge is 2.52.